The van der Waals surface area contributed by atoms with E-state index >= 15 is 0 Å². The quantitative estimate of drug-likeness (QED) is 0.673. The molecule has 1 saturated carbocycles. The summed E-state index contributed by atoms with van der Waals surface area (Å²) in [6.45, 7) is 3.79. The topological polar surface area (TPSA) is 51.2 Å². The Morgan fingerprint density at radius 3 is 2.19 bits per heavy atom. The first-order valence-corrected chi connectivity index (χ1v) is 6.18. The van der Waals surface area contributed by atoms with Gasteiger partial charge < -0.3 is 0 Å². The predicted molar refractivity (Wildman–Crippen MR) is 61.1 cm³/mol. The van der Waals surface area contributed by atoms with Gasteiger partial charge in [-0.05, 0) is 12.3 Å². The van der Waals surface area contributed by atoms with Crippen LogP contribution in [0.4, 0.5) is 0 Å². The maximum atomic E-state index is 11.7. The van der Waals surface area contributed by atoms with Crippen molar-refractivity contribution in [2.24, 2.45) is 11.8 Å². The van der Waals surface area contributed by atoms with Gasteiger partial charge in [0.05, 0.1) is 0 Å². The van der Waals surface area contributed by atoms with Crippen molar-refractivity contribution in [3.8, 4) is 0 Å². The number of carbonyl (C=O) groups is 3. The van der Waals surface area contributed by atoms with Crippen LogP contribution in [0.5, 0.6) is 0 Å². The third-order valence-corrected chi connectivity index (χ3v) is 3.26. The van der Waals surface area contributed by atoms with Gasteiger partial charge in [0, 0.05) is 19.3 Å². The number of ketones is 3. The van der Waals surface area contributed by atoms with E-state index < -0.39 is 5.92 Å². The SMILES string of the molecule is CCCCC1CC(=O)C(C(=O)CC)C(=O)C1. The molecule has 1 aliphatic carbocycles. The van der Waals surface area contributed by atoms with Gasteiger partial charge in [0.15, 0.2) is 17.3 Å². The Labute approximate surface area is 96.6 Å². The summed E-state index contributed by atoms with van der Waals surface area (Å²) in [5, 5.41) is 0. The molecule has 0 aromatic heterocycles. The normalized spacial score (nSPS) is 25.9. The fourth-order valence-corrected chi connectivity index (χ4v) is 2.32. The standard InChI is InChI=1S/C13H20O3/c1-3-5-6-9-7-11(15)13(10(14)4-2)12(16)8-9/h9,13H,3-8H2,1-2H3. The van der Waals surface area contributed by atoms with Crippen LogP contribution in [0, 0.1) is 11.8 Å². The fraction of sp³-hybridized carbons (Fsp3) is 0.769. The molecule has 0 atom stereocenters. The van der Waals surface area contributed by atoms with Crippen molar-refractivity contribution in [2.75, 3.05) is 0 Å². The molecular formula is C13H20O3. The molecule has 0 aromatic rings. The van der Waals surface area contributed by atoms with Crippen molar-refractivity contribution in [2.45, 2.75) is 52.4 Å². The molecule has 3 heteroatoms. The highest BCUT2D eigenvalue weighted by atomic mass is 16.2. The number of hydrogen-bond acceptors (Lipinski definition) is 3. The predicted octanol–water partition coefficient (Wildman–Crippen LogP) is 2.32. The average molecular weight is 224 g/mol. The van der Waals surface area contributed by atoms with Gasteiger partial charge in [0.1, 0.15) is 5.92 Å². The Morgan fingerprint density at radius 2 is 1.75 bits per heavy atom. The van der Waals surface area contributed by atoms with Crippen LogP contribution < -0.4 is 0 Å². The van der Waals surface area contributed by atoms with E-state index in [2.05, 4.69) is 6.92 Å². The molecule has 1 rings (SSSR count). The lowest BCUT2D eigenvalue weighted by atomic mass is 9.76. The molecule has 1 fully saturated rings. The van der Waals surface area contributed by atoms with E-state index in [4.69, 9.17) is 0 Å². The van der Waals surface area contributed by atoms with Crippen LogP contribution in [-0.2, 0) is 14.4 Å². The summed E-state index contributed by atoms with van der Waals surface area (Å²) < 4.78 is 0. The number of Topliss-reactive ketones (excluding diaryl/α,β-unsaturated/α-hetero) is 3. The zero-order valence-electron chi connectivity index (χ0n) is 10.1. The molecule has 0 heterocycles. The lowest BCUT2D eigenvalue weighted by Gasteiger charge is -2.25. The van der Waals surface area contributed by atoms with E-state index in [0.29, 0.717) is 12.8 Å². The van der Waals surface area contributed by atoms with Crippen molar-refractivity contribution in [3.05, 3.63) is 0 Å². The Kier molecular flexibility index (Phi) is 4.84. The largest absolute Gasteiger partial charge is 0.298 e. The highest BCUT2D eigenvalue weighted by Crippen LogP contribution is 2.28. The van der Waals surface area contributed by atoms with Gasteiger partial charge in [0.2, 0.25) is 0 Å². The number of rotatable bonds is 5. The molecular weight excluding hydrogens is 204 g/mol. The molecule has 16 heavy (non-hydrogen) atoms. The van der Waals surface area contributed by atoms with E-state index in [1.807, 2.05) is 0 Å². The van der Waals surface area contributed by atoms with Crippen LogP contribution >= 0.6 is 0 Å². The average Bonchev–Trinajstić information content (AvgIpc) is 2.25. The van der Waals surface area contributed by atoms with Crippen molar-refractivity contribution >= 4 is 17.3 Å². The number of unbranched alkanes of at least 4 members (excludes halogenated alkanes) is 1. The second-order valence-electron chi connectivity index (χ2n) is 4.60. The van der Waals surface area contributed by atoms with E-state index in [1.54, 1.807) is 6.92 Å². The van der Waals surface area contributed by atoms with Gasteiger partial charge in [-0.15, -0.1) is 0 Å². The van der Waals surface area contributed by atoms with E-state index in [-0.39, 0.29) is 29.7 Å². The van der Waals surface area contributed by atoms with Crippen LogP contribution in [-0.4, -0.2) is 17.3 Å². The number of carbonyl (C=O) groups excluding carboxylic acids is 3. The second-order valence-corrected chi connectivity index (χ2v) is 4.60. The zero-order chi connectivity index (χ0) is 12.1. The van der Waals surface area contributed by atoms with Gasteiger partial charge in [-0.25, -0.2) is 0 Å². The molecule has 3 nitrogen and oxygen atoms in total. The first kappa shape index (κ1) is 13.1. The van der Waals surface area contributed by atoms with E-state index in [9.17, 15) is 14.4 Å². The van der Waals surface area contributed by atoms with Gasteiger partial charge in [-0.1, -0.05) is 26.7 Å². The Morgan fingerprint density at radius 1 is 1.19 bits per heavy atom. The minimum absolute atomic E-state index is 0.149. The van der Waals surface area contributed by atoms with E-state index in [1.165, 1.54) is 0 Å². The fourth-order valence-electron chi connectivity index (χ4n) is 2.32. The Bertz CT molecular complexity index is 276. The molecule has 0 N–H and O–H groups in total. The third kappa shape index (κ3) is 3.00. The summed E-state index contributed by atoms with van der Waals surface area (Å²) in [6, 6.07) is 0. The first-order valence-electron chi connectivity index (χ1n) is 6.18. The summed E-state index contributed by atoms with van der Waals surface area (Å²) in [5.74, 6) is -1.25. The smallest absolute Gasteiger partial charge is 0.151 e. The van der Waals surface area contributed by atoms with Crippen molar-refractivity contribution in [1.29, 1.82) is 0 Å². The summed E-state index contributed by atoms with van der Waals surface area (Å²) in [4.78, 5) is 34.9. The molecule has 0 spiro atoms. The summed E-state index contributed by atoms with van der Waals surface area (Å²) >= 11 is 0. The first-order chi connectivity index (χ1) is 7.60. The minimum atomic E-state index is -0.928. The van der Waals surface area contributed by atoms with Crippen LogP contribution in [0.15, 0.2) is 0 Å². The van der Waals surface area contributed by atoms with E-state index in [0.717, 1.165) is 19.3 Å². The molecule has 90 valence electrons. The molecule has 0 radical (unpaired) electrons. The maximum Gasteiger partial charge on any atom is 0.151 e. The van der Waals surface area contributed by atoms with Crippen LogP contribution in [0.1, 0.15) is 52.4 Å². The molecule has 0 aromatic carbocycles. The summed E-state index contributed by atoms with van der Waals surface area (Å²) in [5.41, 5.74) is 0. The highest BCUT2D eigenvalue weighted by Gasteiger charge is 2.38. The molecule has 0 saturated heterocycles. The van der Waals surface area contributed by atoms with Crippen LogP contribution in [0.2, 0.25) is 0 Å². The molecule has 0 bridgehead atoms. The molecule has 0 aliphatic heterocycles. The molecule has 1 aliphatic rings. The van der Waals surface area contributed by atoms with Crippen molar-refractivity contribution in [3.63, 3.8) is 0 Å². The van der Waals surface area contributed by atoms with Gasteiger partial charge in [-0.2, -0.15) is 0 Å². The van der Waals surface area contributed by atoms with Gasteiger partial charge >= 0.3 is 0 Å². The molecule has 0 unspecified atom stereocenters. The Balaban J connectivity index is 2.61. The lowest BCUT2D eigenvalue weighted by Crippen LogP contribution is -2.38. The lowest BCUT2D eigenvalue weighted by molar-refractivity contribution is -0.143. The highest BCUT2D eigenvalue weighted by molar-refractivity contribution is 6.20. The number of hydrogen-bond donors (Lipinski definition) is 0. The van der Waals surface area contributed by atoms with Crippen molar-refractivity contribution < 1.29 is 14.4 Å². The third-order valence-electron chi connectivity index (χ3n) is 3.26. The molecule has 0 amide bonds. The minimum Gasteiger partial charge on any atom is -0.298 e. The van der Waals surface area contributed by atoms with Crippen LogP contribution in [0.3, 0.4) is 0 Å². The summed E-state index contributed by atoms with van der Waals surface area (Å²) in [6.07, 6.45) is 4.18. The maximum absolute atomic E-state index is 11.7. The van der Waals surface area contributed by atoms with Crippen molar-refractivity contribution in [1.82, 2.24) is 0 Å². The van der Waals surface area contributed by atoms with Gasteiger partial charge in [0.25, 0.3) is 0 Å². The monoisotopic (exact) mass is 224 g/mol. The summed E-state index contributed by atoms with van der Waals surface area (Å²) in [7, 11) is 0. The Hall–Kier alpha value is -0.990. The second kappa shape index (κ2) is 5.92. The zero-order valence-corrected chi connectivity index (χ0v) is 10.1. The van der Waals surface area contributed by atoms with Crippen LogP contribution in [0.25, 0.3) is 0 Å². The van der Waals surface area contributed by atoms with Gasteiger partial charge in [-0.3, -0.25) is 14.4 Å².